The number of nitrogens with zero attached hydrogens (tertiary/aromatic N) is 4. The highest BCUT2D eigenvalue weighted by Crippen LogP contribution is 2.38. The number of rotatable bonds is 7. The van der Waals surface area contributed by atoms with Crippen molar-refractivity contribution in [2.75, 3.05) is 50.6 Å². The summed E-state index contributed by atoms with van der Waals surface area (Å²) in [5.74, 6) is 1.01. The van der Waals surface area contributed by atoms with Crippen molar-refractivity contribution in [3.8, 4) is 5.75 Å². The first kappa shape index (κ1) is 25.6. The lowest BCUT2D eigenvalue weighted by Crippen LogP contribution is -2.44. The summed E-state index contributed by atoms with van der Waals surface area (Å²) in [5.41, 5.74) is 0.453. The van der Waals surface area contributed by atoms with E-state index in [4.69, 9.17) is 16.3 Å². The molecular formula is C25H31ClF3N5O. The Balaban J connectivity index is 1.57. The highest BCUT2D eigenvalue weighted by molar-refractivity contribution is 6.33. The Morgan fingerprint density at radius 1 is 1.17 bits per heavy atom. The zero-order chi connectivity index (χ0) is 25.0. The fraction of sp³-hybridized carbons (Fsp3) is 0.520. The second-order valence-electron chi connectivity index (χ2n) is 9.15. The molecule has 2 heterocycles. The van der Waals surface area contributed by atoms with Crippen LogP contribution in [0.5, 0.6) is 5.75 Å². The van der Waals surface area contributed by atoms with Crippen LogP contribution in [-0.4, -0.2) is 55.2 Å². The van der Waals surface area contributed by atoms with Crippen molar-refractivity contribution in [1.82, 2.24) is 14.9 Å². The molecule has 0 amide bonds. The highest BCUT2D eigenvalue weighted by Gasteiger charge is 2.34. The molecule has 2 aliphatic rings. The first-order valence-corrected chi connectivity index (χ1v) is 12.3. The molecule has 0 atom stereocenters. The van der Waals surface area contributed by atoms with E-state index in [1.807, 2.05) is 12.1 Å². The van der Waals surface area contributed by atoms with Crippen molar-refractivity contribution in [2.45, 2.75) is 38.3 Å². The number of aromatic nitrogens is 2. The number of anilines is 3. The molecule has 10 heteroatoms. The van der Waals surface area contributed by atoms with E-state index in [2.05, 4.69) is 32.1 Å². The van der Waals surface area contributed by atoms with Gasteiger partial charge in [-0.3, -0.25) is 0 Å². The van der Waals surface area contributed by atoms with Crippen LogP contribution >= 0.6 is 11.6 Å². The van der Waals surface area contributed by atoms with Gasteiger partial charge in [0.25, 0.3) is 0 Å². The molecule has 2 aromatic rings. The van der Waals surface area contributed by atoms with Crippen LogP contribution in [0.1, 0.15) is 36.9 Å². The monoisotopic (exact) mass is 509 g/mol. The van der Waals surface area contributed by atoms with Crippen LogP contribution in [0.15, 0.2) is 30.5 Å². The van der Waals surface area contributed by atoms with Gasteiger partial charge in [-0.1, -0.05) is 36.6 Å². The third-order valence-corrected chi connectivity index (χ3v) is 6.95. The molecule has 4 rings (SSSR count). The molecule has 1 aromatic carbocycles. The average Bonchev–Trinajstić information content (AvgIpc) is 3.33. The van der Waals surface area contributed by atoms with Gasteiger partial charge in [-0.15, -0.1) is 0 Å². The van der Waals surface area contributed by atoms with Gasteiger partial charge in [0.15, 0.2) is 0 Å². The van der Waals surface area contributed by atoms with Gasteiger partial charge in [0.1, 0.15) is 5.75 Å². The molecule has 6 nitrogen and oxygen atoms in total. The van der Waals surface area contributed by atoms with Crippen molar-refractivity contribution >= 4 is 28.9 Å². The minimum atomic E-state index is -4.53. The fourth-order valence-electron chi connectivity index (χ4n) is 4.61. The maximum Gasteiger partial charge on any atom is 0.419 e. The molecule has 2 fully saturated rings. The number of likely N-dealkylation sites (N-methyl/N-ethyl adjacent to an activating group) is 1. The molecule has 1 saturated heterocycles. The standard InChI is InChI=1S/C25H31ClF3N5O/c1-33-10-12-34(13-11-33)22-15-23(35-2)21(14-19(22)26)32-24-30-16-18(25(27,28)29)20(31-24)9-5-8-17-6-3-4-7-17/h5,8,14-17H,3-4,6-7,9-13H2,1-2H3,(H,30,31,32). The lowest BCUT2D eigenvalue weighted by molar-refractivity contribution is -0.138. The Labute approximate surface area is 209 Å². The Kier molecular flexibility index (Phi) is 8.06. The van der Waals surface area contributed by atoms with Crippen molar-refractivity contribution in [2.24, 2.45) is 5.92 Å². The van der Waals surface area contributed by atoms with E-state index >= 15 is 0 Å². The molecule has 0 spiro atoms. The number of ether oxygens (including phenoxy) is 1. The van der Waals surface area contributed by atoms with Gasteiger partial charge in [-0.25, -0.2) is 9.97 Å². The van der Waals surface area contributed by atoms with Crippen LogP contribution in [0, 0.1) is 5.92 Å². The van der Waals surface area contributed by atoms with Gasteiger partial charge in [0.05, 0.1) is 34.8 Å². The molecule has 0 unspecified atom stereocenters. The summed E-state index contributed by atoms with van der Waals surface area (Å²) in [6, 6.07) is 3.54. The molecule has 190 valence electrons. The SMILES string of the molecule is COc1cc(N2CCN(C)CC2)c(Cl)cc1Nc1ncc(C(F)(F)F)c(CC=CC2CCCC2)n1. The van der Waals surface area contributed by atoms with E-state index in [0.29, 0.717) is 22.4 Å². The average molecular weight is 510 g/mol. The van der Waals surface area contributed by atoms with Crippen molar-refractivity contribution in [1.29, 1.82) is 0 Å². The van der Waals surface area contributed by atoms with Crippen LogP contribution in [0.25, 0.3) is 0 Å². The topological polar surface area (TPSA) is 53.5 Å². The third kappa shape index (κ3) is 6.38. The smallest absolute Gasteiger partial charge is 0.419 e. The van der Waals surface area contributed by atoms with Crippen molar-refractivity contribution < 1.29 is 17.9 Å². The van der Waals surface area contributed by atoms with E-state index in [1.165, 1.54) is 20.0 Å². The molecule has 1 aliphatic carbocycles. The van der Waals surface area contributed by atoms with E-state index < -0.39 is 11.7 Å². The Bertz CT molecular complexity index is 1050. The van der Waals surface area contributed by atoms with E-state index in [1.54, 1.807) is 12.1 Å². The van der Waals surface area contributed by atoms with Crippen LogP contribution < -0.4 is 15.0 Å². The summed E-state index contributed by atoms with van der Waals surface area (Å²) >= 11 is 6.59. The zero-order valence-corrected chi connectivity index (χ0v) is 20.8. The number of piperazine rings is 1. The summed E-state index contributed by atoms with van der Waals surface area (Å²) in [4.78, 5) is 12.6. The number of alkyl halides is 3. The molecular weight excluding hydrogens is 479 g/mol. The van der Waals surface area contributed by atoms with Crippen molar-refractivity contribution in [3.63, 3.8) is 0 Å². The summed E-state index contributed by atoms with van der Waals surface area (Å²) < 4.78 is 46.3. The van der Waals surface area contributed by atoms with Crippen LogP contribution in [-0.2, 0) is 12.6 Å². The maximum absolute atomic E-state index is 13.6. The minimum Gasteiger partial charge on any atom is -0.494 e. The molecule has 0 bridgehead atoms. The zero-order valence-electron chi connectivity index (χ0n) is 20.0. The van der Waals surface area contributed by atoms with Gasteiger partial charge >= 0.3 is 6.18 Å². The largest absolute Gasteiger partial charge is 0.494 e. The summed E-state index contributed by atoms with van der Waals surface area (Å²) in [7, 11) is 3.62. The normalized spacial score (nSPS) is 17.9. The van der Waals surface area contributed by atoms with Gasteiger partial charge < -0.3 is 19.9 Å². The second-order valence-corrected chi connectivity index (χ2v) is 9.55. The number of hydrogen-bond acceptors (Lipinski definition) is 6. The number of methoxy groups -OCH3 is 1. The minimum absolute atomic E-state index is 0.0592. The molecule has 0 radical (unpaired) electrons. The maximum atomic E-state index is 13.6. The van der Waals surface area contributed by atoms with E-state index in [0.717, 1.165) is 50.9 Å². The first-order chi connectivity index (χ1) is 16.7. The van der Waals surface area contributed by atoms with Gasteiger partial charge in [-0.2, -0.15) is 13.2 Å². The number of allylic oxidation sites excluding steroid dienone is 2. The quantitative estimate of drug-likeness (QED) is 0.466. The lowest BCUT2D eigenvalue weighted by atomic mass is 10.1. The Morgan fingerprint density at radius 3 is 2.54 bits per heavy atom. The summed E-state index contributed by atoms with van der Waals surface area (Å²) in [5, 5.41) is 3.52. The molecule has 1 N–H and O–H groups in total. The molecule has 35 heavy (non-hydrogen) atoms. The number of benzene rings is 1. The number of halogens is 4. The van der Waals surface area contributed by atoms with Crippen LogP contribution in [0.4, 0.5) is 30.5 Å². The van der Waals surface area contributed by atoms with Gasteiger partial charge in [0.2, 0.25) is 5.95 Å². The predicted molar refractivity (Wildman–Crippen MR) is 133 cm³/mol. The van der Waals surface area contributed by atoms with E-state index in [9.17, 15) is 13.2 Å². The molecule has 1 aromatic heterocycles. The predicted octanol–water partition coefficient (Wildman–Crippen LogP) is 5.94. The number of nitrogens with one attached hydrogen (secondary N) is 1. The summed E-state index contributed by atoms with van der Waals surface area (Å²) in [6.45, 7) is 3.53. The summed E-state index contributed by atoms with van der Waals surface area (Å²) in [6.07, 6.45) is 4.71. The fourth-order valence-corrected chi connectivity index (χ4v) is 4.89. The Hall–Kier alpha value is -2.52. The van der Waals surface area contributed by atoms with Crippen LogP contribution in [0.2, 0.25) is 5.02 Å². The van der Waals surface area contributed by atoms with Crippen molar-refractivity contribution in [3.05, 3.63) is 46.8 Å². The van der Waals surface area contributed by atoms with Gasteiger partial charge in [0, 0.05) is 44.9 Å². The van der Waals surface area contributed by atoms with Gasteiger partial charge in [-0.05, 0) is 31.9 Å². The second kappa shape index (κ2) is 11.0. The molecule has 1 aliphatic heterocycles. The highest BCUT2D eigenvalue weighted by atomic mass is 35.5. The third-order valence-electron chi connectivity index (χ3n) is 6.65. The molecule has 1 saturated carbocycles. The lowest BCUT2D eigenvalue weighted by Gasteiger charge is -2.34. The Morgan fingerprint density at radius 2 is 1.89 bits per heavy atom. The first-order valence-electron chi connectivity index (χ1n) is 11.9. The number of hydrogen-bond donors (Lipinski definition) is 1. The van der Waals surface area contributed by atoms with Crippen LogP contribution in [0.3, 0.4) is 0 Å². The van der Waals surface area contributed by atoms with E-state index in [-0.39, 0.29) is 18.1 Å².